The second kappa shape index (κ2) is 11.4. The van der Waals surface area contributed by atoms with E-state index in [9.17, 15) is 14.4 Å². The van der Waals surface area contributed by atoms with E-state index >= 15 is 0 Å². The molecule has 3 amide bonds. The van der Waals surface area contributed by atoms with Crippen molar-refractivity contribution in [1.82, 2.24) is 16.1 Å². The summed E-state index contributed by atoms with van der Waals surface area (Å²) >= 11 is 0. The van der Waals surface area contributed by atoms with Crippen LogP contribution in [0.3, 0.4) is 0 Å². The maximum Gasteiger partial charge on any atom is 0.407 e. The molecule has 9 nitrogen and oxygen atoms in total. The summed E-state index contributed by atoms with van der Waals surface area (Å²) in [6.07, 6.45) is 2.18. The van der Waals surface area contributed by atoms with Crippen LogP contribution in [-0.2, 0) is 16.1 Å². The molecule has 0 saturated carbocycles. The van der Waals surface area contributed by atoms with Crippen molar-refractivity contribution >= 4 is 17.9 Å². The molecule has 0 aliphatic carbocycles. The van der Waals surface area contributed by atoms with Crippen LogP contribution >= 0.6 is 0 Å². The zero-order chi connectivity index (χ0) is 20.2. The minimum Gasteiger partial charge on any atom is -0.459 e. The minimum absolute atomic E-state index is 0.0681. The number of unbranched alkanes of at least 4 members (excludes halogenated alkanes) is 1. The number of amides is 3. The quantitative estimate of drug-likeness (QED) is 0.279. The standard InChI is InChI=1S/C19H23N3O6/c23-17(22-26)15(21-18(24)16-10-6-12-27-16)9-4-5-11-20-19(25)28-13-14-7-2-1-3-8-14/h1-3,6-8,10,12,15,26H,4-5,9,11,13H2,(H,20,25)(H,21,24)(H,22,23)/t15-/m0/s1. The van der Waals surface area contributed by atoms with Gasteiger partial charge in [-0.25, -0.2) is 10.3 Å². The molecule has 150 valence electrons. The van der Waals surface area contributed by atoms with Gasteiger partial charge in [0, 0.05) is 6.54 Å². The van der Waals surface area contributed by atoms with Gasteiger partial charge in [0.1, 0.15) is 12.6 Å². The summed E-state index contributed by atoms with van der Waals surface area (Å²) in [5.41, 5.74) is 2.42. The van der Waals surface area contributed by atoms with Crippen molar-refractivity contribution in [3.63, 3.8) is 0 Å². The van der Waals surface area contributed by atoms with Crippen LogP contribution in [0.2, 0.25) is 0 Å². The molecular weight excluding hydrogens is 366 g/mol. The van der Waals surface area contributed by atoms with Crippen LogP contribution in [0.5, 0.6) is 0 Å². The third-order valence-corrected chi connectivity index (χ3v) is 3.88. The zero-order valence-corrected chi connectivity index (χ0v) is 15.2. The number of hydrogen-bond acceptors (Lipinski definition) is 6. The van der Waals surface area contributed by atoms with Crippen molar-refractivity contribution in [2.75, 3.05) is 6.54 Å². The number of alkyl carbamates (subject to hydrolysis) is 1. The molecule has 1 aromatic heterocycles. The topological polar surface area (TPSA) is 130 Å². The number of hydrogen-bond donors (Lipinski definition) is 4. The molecule has 0 radical (unpaired) electrons. The first-order valence-corrected chi connectivity index (χ1v) is 8.83. The highest BCUT2D eigenvalue weighted by molar-refractivity contribution is 5.95. The average molecular weight is 389 g/mol. The first-order valence-electron chi connectivity index (χ1n) is 8.83. The van der Waals surface area contributed by atoms with Gasteiger partial charge in [0.15, 0.2) is 5.76 Å². The number of carbonyl (C=O) groups excluding carboxylic acids is 3. The summed E-state index contributed by atoms with van der Waals surface area (Å²) in [5.74, 6) is -1.21. The lowest BCUT2D eigenvalue weighted by molar-refractivity contribution is -0.131. The van der Waals surface area contributed by atoms with Gasteiger partial charge in [-0.05, 0) is 37.0 Å². The molecular formula is C19H23N3O6. The van der Waals surface area contributed by atoms with E-state index in [1.165, 1.54) is 17.8 Å². The molecule has 0 unspecified atom stereocenters. The van der Waals surface area contributed by atoms with Gasteiger partial charge >= 0.3 is 6.09 Å². The maximum atomic E-state index is 12.0. The van der Waals surface area contributed by atoms with E-state index in [4.69, 9.17) is 14.4 Å². The molecule has 0 saturated heterocycles. The lowest BCUT2D eigenvalue weighted by Crippen LogP contribution is -2.45. The van der Waals surface area contributed by atoms with Gasteiger partial charge in [-0.2, -0.15) is 0 Å². The summed E-state index contributed by atoms with van der Waals surface area (Å²) < 4.78 is 10.1. The Kier molecular flexibility index (Phi) is 8.54. The smallest absolute Gasteiger partial charge is 0.407 e. The van der Waals surface area contributed by atoms with Gasteiger partial charge in [-0.1, -0.05) is 30.3 Å². The van der Waals surface area contributed by atoms with Gasteiger partial charge in [0.25, 0.3) is 11.8 Å². The second-order valence-electron chi connectivity index (χ2n) is 5.96. The van der Waals surface area contributed by atoms with Gasteiger partial charge in [-0.15, -0.1) is 0 Å². The first-order chi connectivity index (χ1) is 13.6. The van der Waals surface area contributed by atoms with E-state index in [1.807, 2.05) is 30.3 Å². The fraction of sp³-hybridized carbons (Fsp3) is 0.316. The SMILES string of the molecule is O=C(NCCCC[C@H](NC(=O)c1ccco1)C(=O)NO)OCc1ccccc1. The van der Waals surface area contributed by atoms with Crippen LogP contribution in [-0.4, -0.2) is 35.7 Å². The molecule has 2 rings (SSSR count). The van der Waals surface area contributed by atoms with Crippen LogP contribution in [0.4, 0.5) is 4.79 Å². The maximum absolute atomic E-state index is 12.0. The van der Waals surface area contributed by atoms with Crippen molar-refractivity contribution < 1.29 is 28.7 Å². The minimum atomic E-state index is -0.923. The van der Waals surface area contributed by atoms with Crippen molar-refractivity contribution in [2.45, 2.75) is 31.9 Å². The number of rotatable bonds is 10. The molecule has 1 atom stereocenters. The van der Waals surface area contributed by atoms with E-state index < -0.39 is 23.9 Å². The Balaban J connectivity index is 1.65. The summed E-state index contributed by atoms with van der Waals surface area (Å²) in [6, 6.07) is 11.4. The summed E-state index contributed by atoms with van der Waals surface area (Å²) in [4.78, 5) is 35.3. The Labute approximate surface area is 162 Å². The molecule has 0 aliphatic rings. The van der Waals surface area contributed by atoms with Gasteiger partial charge in [0.05, 0.1) is 6.26 Å². The van der Waals surface area contributed by atoms with Gasteiger partial charge < -0.3 is 19.8 Å². The van der Waals surface area contributed by atoms with Crippen LogP contribution in [0.1, 0.15) is 35.4 Å². The molecule has 1 heterocycles. The summed E-state index contributed by atoms with van der Waals surface area (Å²) in [6.45, 7) is 0.539. The Morgan fingerprint density at radius 1 is 1.07 bits per heavy atom. The number of benzene rings is 1. The lowest BCUT2D eigenvalue weighted by Gasteiger charge is -2.16. The molecule has 0 spiro atoms. The van der Waals surface area contributed by atoms with Crippen LogP contribution < -0.4 is 16.1 Å². The number of hydroxylamine groups is 1. The Morgan fingerprint density at radius 3 is 2.54 bits per heavy atom. The van der Waals surface area contributed by atoms with Crippen molar-refractivity contribution in [3.05, 3.63) is 60.1 Å². The lowest BCUT2D eigenvalue weighted by atomic mass is 10.1. The van der Waals surface area contributed by atoms with E-state index in [0.717, 1.165) is 5.56 Å². The number of nitrogens with one attached hydrogen (secondary N) is 3. The first kappa shape index (κ1) is 21.0. The number of furan rings is 1. The van der Waals surface area contributed by atoms with E-state index in [0.29, 0.717) is 19.4 Å². The summed E-state index contributed by atoms with van der Waals surface area (Å²) in [7, 11) is 0. The highest BCUT2D eigenvalue weighted by Crippen LogP contribution is 2.05. The number of carbonyl (C=O) groups is 3. The fourth-order valence-corrected chi connectivity index (χ4v) is 2.42. The Morgan fingerprint density at radius 2 is 1.86 bits per heavy atom. The van der Waals surface area contributed by atoms with Crippen molar-refractivity contribution in [1.29, 1.82) is 0 Å². The molecule has 0 aliphatic heterocycles. The molecule has 0 bridgehead atoms. The third-order valence-electron chi connectivity index (χ3n) is 3.88. The van der Waals surface area contributed by atoms with E-state index in [2.05, 4.69) is 10.6 Å². The van der Waals surface area contributed by atoms with Crippen LogP contribution in [0.15, 0.2) is 53.1 Å². The number of ether oxygens (including phenoxy) is 1. The predicted molar refractivity (Wildman–Crippen MR) is 98.4 cm³/mol. The highest BCUT2D eigenvalue weighted by atomic mass is 16.5. The fourth-order valence-electron chi connectivity index (χ4n) is 2.42. The van der Waals surface area contributed by atoms with Crippen molar-refractivity contribution in [3.8, 4) is 0 Å². The zero-order valence-electron chi connectivity index (χ0n) is 15.2. The van der Waals surface area contributed by atoms with Gasteiger partial charge in [0.2, 0.25) is 0 Å². The monoisotopic (exact) mass is 389 g/mol. The molecule has 1 aromatic carbocycles. The summed E-state index contributed by atoms with van der Waals surface area (Å²) in [5, 5.41) is 13.9. The third kappa shape index (κ3) is 7.12. The largest absolute Gasteiger partial charge is 0.459 e. The molecule has 9 heteroatoms. The normalized spacial score (nSPS) is 11.3. The van der Waals surface area contributed by atoms with Crippen molar-refractivity contribution in [2.24, 2.45) is 0 Å². The highest BCUT2D eigenvalue weighted by Gasteiger charge is 2.21. The predicted octanol–water partition coefficient (Wildman–Crippen LogP) is 1.98. The van der Waals surface area contributed by atoms with E-state index in [-0.39, 0.29) is 18.8 Å². The Bertz CT molecular complexity index is 748. The Hall–Kier alpha value is -3.33. The second-order valence-corrected chi connectivity index (χ2v) is 5.96. The molecule has 2 aromatic rings. The van der Waals surface area contributed by atoms with Crippen LogP contribution in [0.25, 0.3) is 0 Å². The average Bonchev–Trinajstić information content (AvgIpc) is 3.26. The van der Waals surface area contributed by atoms with E-state index in [1.54, 1.807) is 6.07 Å². The molecule has 28 heavy (non-hydrogen) atoms. The van der Waals surface area contributed by atoms with Crippen LogP contribution in [0, 0.1) is 0 Å². The molecule has 4 N–H and O–H groups in total. The van der Waals surface area contributed by atoms with Gasteiger partial charge in [-0.3, -0.25) is 14.8 Å². The molecule has 0 fully saturated rings.